The van der Waals surface area contributed by atoms with Crippen LogP contribution in [0.5, 0.6) is 0 Å². The van der Waals surface area contributed by atoms with Crippen LogP contribution < -0.4 is 15.4 Å². The predicted molar refractivity (Wildman–Crippen MR) is 101 cm³/mol. The minimum atomic E-state index is -4.01. The molecule has 2 heterocycles. The minimum Gasteiger partial charge on any atom is -0.359 e. The van der Waals surface area contributed by atoms with Gasteiger partial charge in [0.1, 0.15) is 5.69 Å². The lowest BCUT2D eigenvalue weighted by Crippen LogP contribution is -2.43. The van der Waals surface area contributed by atoms with E-state index in [9.17, 15) is 18.5 Å². The van der Waals surface area contributed by atoms with E-state index in [1.165, 1.54) is 12.1 Å². The number of nitrogens with zero attached hydrogens (tertiary/aromatic N) is 2. The van der Waals surface area contributed by atoms with Crippen LogP contribution in [0.3, 0.4) is 0 Å². The molecule has 0 saturated carbocycles. The Morgan fingerprint density at radius 3 is 2.62 bits per heavy atom. The molecule has 3 N–H and O–H groups in total. The summed E-state index contributed by atoms with van der Waals surface area (Å²) in [5, 5.41) is 24.0. The Morgan fingerprint density at radius 2 is 2.04 bits per heavy atom. The topological polar surface area (TPSA) is 119 Å². The summed E-state index contributed by atoms with van der Waals surface area (Å²) in [4.78, 5) is 12.8. The van der Waals surface area contributed by atoms with E-state index < -0.39 is 14.9 Å². The average Bonchev–Trinajstić information content (AvgIpc) is 3.12. The Hall–Kier alpha value is -2.01. The summed E-state index contributed by atoms with van der Waals surface area (Å²) in [5.74, 6) is 0. The monoisotopic (exact) mass is 396 g/mol. The molecule has 0 radical (unpaired) electrons. The molecule has 2 aromatic rings. The smallest absolute Gasteiger partial charge is 0.293 e. The highest BCUT2D eigenvalue weighted by Gasteiger charge is 2.28. The molecule has 0 unspecified atom stereocenters. The fourth-order valence-corrected chi connectivity index (χ4v) is 4.37. The molecule has 1 aliphatic heterocycles. The van der Waals surface area contributed by atoms with Gasteiger partial charge in [0.2, 0.25) is 10.0 Å². The molecular formula is C16H20N4O4S2. The van der Waals surface area contributed by atoms with Crippen molar-refractivity contribution in [2.24, 2.45) is 5.14 Å². The number of hydrogen-bond acceptors (Lipinski definition) is 7. The molecule has 1 fully saturated rings. The SMILES string of the molecule is NS(=O)(=O)c1ccc(N(Cc2ccsc2)C2CCNCC2)c([N+](=O)[O-])c1. The van der Waals surface area contributed by atoms with Crippen molar-refractivity contribution in [3.05, 3.63) is 50.7 Å². The highest BCUT2D eigenvalue weighted by molar-refractivity contribution is 7.89. The van der Waals surface area contributed by atoms with Crippen molar-refractivity contribution < 1.29 is 13.3 Å². The van der Waals surface area contributed by atoms with Crippen LogP contribution in [-0.4, -0.2) is 32.5 Å². The fraction of sp³-hybridized carbons (Fsp3) is 0.375. The molecular weight excluding hydrogens is 376 g/mol. The lowest BCUT2D eigenvalue weighted by Gasteiger charge is -2.36. The van der Waals surface area contributed by atoms with Gasteiger partial charge in [-0.1, -0.05) is 0 Å². The number of benzene rings is 1. The van der Waals surface area contributed by atoms with Crippen LogP contribution in [0.25, 0.3) is 0 Å². The number of nitro benzene ring substituents is 1. The zero-order valence-electron chi connectivity index (χ0n) is 14.0. The van der Waals surface area contributed by atoms with Gasteiger partial charge in [0, 0.05) is 18.7 Å². The van der Waals surface area contributed by atoms with Crippen molar-refractivity contribution in [3.63, 3.8) is 0 Å². The molecule has 3 rings (SSSR count). The first-order valence-electron chi connectivity index (χ1n) is 8.16. The lowest BCUT2D eigenvalue weighted by molar-refractivity contribution is -0.384. The second-order valence-electron chi connectivity index (χ2n) is 6.19. The minimum absolute atomic E-state index is 0.134. The summed E-state index contributed by atoms with van der Waals surface area (Å²) < 4.78 is 23.2. The molecule has 0 atom stereocenters. The number of thiophene rings is 1. The van der Waals surface area contributed by atoms with Crippen LogP contribution in [-0.2, 0) is 16.6 Å². The van der Waals surface area contributed by atoms with Crippen LogP contribution in [0, 0.1) is 10.1 Å². The zero-order valence-corrected chi connectivity index (χ0v) is 15.6. The Morgan fingerprint density at radius 1 is 1.31 bits per heavy atom. The van der Waals surface area contributed by atoms with Gasteiger partial charge in [-0.3, -0.25) is 10.1 Å². The normalized spacial score (nSPS) is 15.7. The zero-order chi connectivity index (χ0) is 18.7. The number of rotatable bonds is 6. The number of sulfonamides is 1. The van der Waals surface area contributed by atoms with E-state index in [1.807, 2.05) is 21.7 Å². The van der Waals surface area contributed by atoms with Crippen molar-refractivity contribution in [1.82, 2.24) is 5.32 Å². The first kappa shape index (κ1) is 18.8. The van der Waals surface area contributed by atoms with Crippen LogP contribution >= 0.6 is 11.3 Å². The maximum Gasteiger partial charge on any atom is 0.293 e. The van der Waals surface area contributed by atoms with E-state index in [-0.39, 0.29) is 16.6 Å². The van der Waals surface area contributed by atoms with Crippen molar-refractivity contribution in [2.45, 2.75) is 30.3 Å². The Kier molecular flexibility index (Phi) is 5.56. The molecule has 26 heavy (non-hydrogen) atoms. The van der Waals surface area contributed by atoms with Crippen LogP contribution in [0.4, 0.5) is 11.4 Å². The van der Waals surface area contributed by atoms with E-state index in [4.69, 9.17) is 5.14 Å². The Labute approximate surface area is 155 Å². The number of anilines is 1. The molecule has 0 amide bonds. The highest BCUT2D eigenvalue weighted by atomic mass is 32.2. The quantitative estimate of drug-likeness (QED) is 0.570. The van der Waals surface area contributed by atoms with Gasteiger partial charge in [-0.15, -0.1) is 0 Å². The predicted octanol–water partition coefficient (Wildman–Crippen LogP) is 2.06. The largest absolute Gasteiger partial charge is 0.359 e. The third-order valence-electron chi connectivity index (χ3n) is 4.46. The second-order valence-corrected chi connectivity index (χ2v) is 8.53. The van der Waals surface area contributed by atoms with E-state index in [0.29, 0.717) is 12.2 Å². The van der Waals surface area contributed by atoms with Gasteiger partial charge < -0.3 is 10.2 Å². The van der Waals surface area contributed by atoms with Gasteiger partial charge in [0.05, 0.1) is 9.82 Å². The summed E-state index contributed by atoms with van der Waals surface area (Å²) in [6.45, 7) is 2.21. The lowest BCUT2D eigenvalue weighted by atomic mass is 10.0. The summed E-state index contributed by atoms with van der Waals surface area (Å²) in [6.07, 6.45) is 1.72. The average molecular weight is 396 g/mol. The van der Waals surface area contributed by atoms with E-state index in [1.54, 1.807) is 11.3 Å². The molecule has 1 aromatic carbocycles. The number of nitrogens with one attached hydrogen (secondary N) is 1. The third kappa shape index (κ3) is 4.21. The van der Waals surface area contributed by atoms with Crippen LogP contribution in [0.15, 0.2) is 39.9 Å². The highest BCUT2D eigenvalue weighted by Crippen LogP contribution is 2.34. The Bertz CT molecular complexity index is 878. The van der Waals surface area contributed by atoms with Crippen molar-refractivity contribution >= 4 is 32.7 Å². The summed E-state index contributed by atoms with van der Waals surface area (Å²) in [6, 6.07) is 6.00. The fourth-order valence-electron chi connectivity index (χ4n) is 3.18. The first-order valence-corrected chi connectivity index (χ1v) is 10.6. The molecule has 10 heteroatoms. The molecule has 1 aliphatic rings. The van der Waals surface area contributed by atoms with Crippen molar-refractivity contribution in [3.8, 4) is 0 Å². The van der Waals surface area contributed by atoms with Gasteiger partial charge >= 0.3 is 0 Å². The van der Waals surface area contributed by atoms with Gasteiger partial charge in [0.25, 0.3) is 5.69 Å². The number of hydrogen-bond donors (Lipinski definition) is 2. The Balaban J connectivity index is 2.05. The van der Waals surface area contributed by atoms with Crippen molar-refractivity contribution in [2.75, 3.05) is 18.0 Å². The van der Waals surface area contributed by atoms with E-state index in [0.717, 1.165) is 37.6 Å². The van der Waals surface area contributed by atoms with Gasteiger partial charge in [0.15, 0.2) is 0 Å². The summed E-state index contributed by atoms with van der Waals surface area (Å²) in [7, 11) is -4.01. The third-order valence-corrected chi connectivity index (χ3v) is 6.11. The first-order chi connectivity index (χ1) is 12.4. The number of piperidine rings is 1. The standard InChI is InChI=1S/C16H20N4O4S2/c17-26(23,24)14-1-2-15(16(9-14)20(21)22)19(10-12-5-8-25-11-12)13-3-6-18-7-4-13/h1-2,5,8-9,11,13,18H,3-4,6-7,10H2,(H2,17,23,24). The van der Waals surface area contributed by atoms with E-state index in [2.05, 4.69) is 5.32 Å². The molecule has 1 saturated heterocycles. The summed E-state index contributed by atoms with van der Waals surface area (Å²) >= 11 is 1.57. The molecule has 0 spiro atoms. The molecule has 8 nitrogen and oxygen atoms in total. The van der Waals surface area contributed by atoms with Crippen LogP contribution in [0.1, 0.15) is 18.4 Å². The molecule has 1 aromatic heterocycles. The van der Waals surface area contributed by atoms with Gasteiger partial charge in [-0.2, -0.15) is 11.3 Å². The molecule has 0 bridgehead atoms. The molecule has 0 aliphatic carbocycles. The van der Waals surface area contributed by atoms with E-state index >= 15 is 0 Å². The van der Waals surface area contributed by atoms with Gasteiger partial charge in [-0.05, 0) is 60.5 Å². The van der Waals surface area contributed by atoms with Gasteiger partial charge in [-0.25, -0.2) is 13.6 Å². The van der Waals surface area contributed by atoms with Crippen LogP contribution in [0.2, 0.25) is 0 Å². The maximum absolute atomic E-state index is 11.6. The number of nitro groups is 1. The summed E-state index contributed by atoms with van der Waals surface area (Å²) in [5.41, 5.74) is 1.24. The second kappa shape index (κ2) is 7.70. The van der Waals surface area contributed by atoms with Crippen molar-refractivity contribution in [1.29, 1.82) is 0 Å². The molecule has 140 valence electrons. The number of primary sulfonamides is 1. The number of nitrogens with two attached hydrogens (primary N) is 1. The maximum atomic E-state index is 11.6.